The van der Waals surface area contributed by atoms with Gasteiger partial charge in [0.25, 0.3) is 0 Å². The number of hydrogen-bond donors (Lipinski definition) is 1. The first-order valence-electron chi connectivity index (χ1n) is 14.6. The summed E-state index contributed by atoms with van der Waals surface area (Å²) in [6.07, 6.45) is 0.306. The number of halogens is 1. The number of hydrogen-bond acceptors (Lipinski definition) is 7. The summed E-state index contributed by atoms with van der Waals surface area (Å²) in [7, 11) is 3.32. The molecule has 9 heteroatoms. The van der Waals surface area contributed by atoms with Gasteiger partial charge in [0.1, 0.15) is 30.8 Å². The van der Waals surface area contributed by atoms with Crippen molar-refractivity contribution in [1.29, 1.82) is 0 Å². The average Bonchev–Trinajstić information content (AvgIpc) is 3.38. The number of aliphatic hydroxyl groups excluding tert-OH is 1. The Labute approximate surface area is 257 Å². The maximum absolute atomic E-state index is 15.5. The van der Waals surface area contributed by atoms with Crippen molar-refractivity contribution in [2.45, 2.75) is 45.9 Å². The zero-order valence-corrected chi connectivity index (χ0v) is 25.5. The van der Waals surface area contributed by atoms with Crippen LogP contribution >= 0.6 is 0 Å². The minimum absolute atomic E-state index is 0.285. The van der Waals surface area contributed by atoms with Crippen LogP contribution in [0.4, 0.5) is 4.39 Å². The molecule has 3 aromatic carbocycles. The second-order valence-corrected chi connectivity index (χ2v) is 10.8. The molecule has 0 amide bonds. The van der Waals surface area contributed by atoms with Crippen molar-refractivity contribution in [2.24, 2.45) is 0 Å². The van der Waals surface area contributed by atoms with E-state index in [-0.39, 0.29) is 19.2 Å². The maximum atomic E-state index is 15.5. The lowest BCUT2D eigenvalue weighted by Gasteiger charge is -2.16. The summed E-state index contributed by atoms with van der Waals surface area (Å²) >= 11 is 0. The first-order chi connectivity index (χ1) is 21.4. The fraction of sp³-hybridized carbons (Fsp3) is 0.314. The quantitative estimate of drug-likeness (QED) is 0.143. The molecule has 0 aliphatic rings. The molecule has 0 spiro atoms. The number of imidazole rings is 1. The first-order valence-corrected chi connectivity index (χ1v) is 14.6. The number of nitrogens with zero attached hydrogens (tertiary/aromatic N) is 3. The van der Waals surface area contributed by atoms with E-state index in [2.05, 4.69) is 24.9 Å². The molecule has 2 aromatic heterocycles. The van der Waals surface area contributed by atoms with Crippen LogP contribution in [0.1, 0.15) is 47.8 Å². The van der Waals surface area contributed by atoms with Gasteiger partial charge in [-0.2, -0.15) is 0 Å². The Hall–Kier alpha value is -4.31. The van der Waals surface area contributed by atoms with Gasteiger partial charge in [0.05, 0.1) is 37.1 Å². The van der Waals surface area contributed by atoms with Gasteiger partial charge in [-0.3, -0.25) is 0 Å². The van der Waals surface area contributed by atoms with E-state index >= 15 is 4.39 Å². The summed E-state index contributed by atoms with van der Waals surface area (Å²) in [4.78, 5) is 9.45. The van der Waals surface area contributed by atoms with E-state index in [4.69, 9.17) is 29.0 Å². The van der Waals surface area contributed by atoms with Gasteiger partial charge < -0.3 is 28.6 Å². The number of fused-ring (bicyclic) bond motifs is 1. The largest absolute Gasteiger partial charge is 0.496 e. The van der Waals surface area contributed by atoms with Crippen LogP contribution in [0.3, 0.4) is 0 Å². The highest BCUT2D eigenvalue weighted by molar-refractivity contribution is 5.77. The maximum Gasteiger partial charge on any atom is 0.214 e. The van der Waals surface area contributed by atoms with E-state index in [1.165, 1.54) is 6.07 Å². The number of para-hydroxylation sites is 1. The fourth-order valence-corrected chi connectivity index (χ4v) is 5.29. The zero-order chi connectivity index (χ0) is 31.1. The summed E-state index contributed by atoms with van der Waals surface area (Å²) < 4.78 is 39.8. The summed E-state index contributed by atoms with van der Waals surface area (Å²) in [6, 6.07) is 22.5. The summed E-state index contributed by atoms with van der Waals surface area (Å²) in [5.41, 5.74) is 6.46. The van der Waals surface area contributed by atoms with Crippen molar-refractivity contribution in [1.82, 2.24) is 14.5 Å². The van der Waals surface area contributed by atoms with Crippen LogP contribution in [0.2, 0.25) is 0 Å². The van der Waals surface area contributed by atoms with Gasteiger partial charge in [-0.15, -0.1) is 0 Å². The van der Waals surface area contributed by atoms with E-state index < -0.39 is 0 Å². The van der Waals surface area contributed by atoms with Gasteiger partial charge in [-0.25, -0.2) is 14.4 Å². The van der Waals surface area contributed by atoms with Crippen LogP contribution in [0.5, 0.6) is 11.6 Å². The molecule has 1 N–H and O–H groups in total. The molecule has 0 bridgehead atoms. The normalized spacial score (nSPS) is 11.4. The molecule has 0 saturated carbocycles. The lowest BCUT2D eigenvalue weighted by Crippen LogP contribution is -2.09. The zero-order valence-electron chi connectivity index (χ0n) is 25.5. The average molecular weight is 600 g/mol. The molecule has 0 aliphatic carbocycles. The minimum Gasteiger partial charge on any atom is -0.496 e. The molecular weight excluding hydrogens is 561 g/mol. The van der Waals surface area contributed by atoms with Crippen LogP contribution in [0, 0.1) is 5.82 Å². The Morgan fingerprint density at radius 1 is 0.909 bits per heavy atom. The monoisotopic (exact) mass is 599 g/mol. The highest BCUT2D eigenvalue weighted by Gasteiger charge is 2.16. The molecule has 230 valence electrons. The van der Waals surface area contributed by atoms with Crippen molar-refractivity contribution in [3.05, 3.63) is 107 Å². The molecule has 5 rings (SSSR count). The lowest BCUT2D eigenvalue weighted by atomic mass is 9.99. The Morgan fingerprint density at radius 3 is 2.50 bits per heavy atom. The lowest BCUT2D eigenvalue weighted by molar-refractivity contribution is -0.0112. The summed E-state index contributed by atoms with van der Waals surface area (Å²) in [5.74, 6) is 1.98. The van der Waals surface area contributed by atoms with Gasteiger partial charge in [0.2, 0.25) is 5.88 Å². The summed E-state index contributed by atoms with van der Waals surface area (Å²) in [5, 5.41) is 9.01. The second kappa shape index (κ2) is 14.4. The Bertz CT molecular complexity index is 1720. The third-order valence-electron chi connectivity index (χ3n) is 7.52. The highest BCUT2D eigenvalue weighted by atomic mass is 19.1. The van der Waals surface area contributed by atoms with Gasteiger partial charge in [-0.1, -0.05) is 56.3 Å². The third kappa shape index (κ3) is 7.07. The molecule has 44 heavy (non-hydrogen) atoms. The number of methoxy groups -OCH3 is 2. The molecule has 0 unspecified atom stereocenters. The van der Waals surface area contributed by atoms with Crippen LogP contribution in [-0.4, -0.2) is 47.3 Å². The summed E-state index contributed by atoms with van der Waals surface area (Å²) in [6.45, 7) is 5.54. The first kappa shape index (κ1) is 31.1. The van der Waals surface area contributed by atoms with Gasteiger partial charge in [0, 0.05) is 37.3 Å². The molecule has 2 heterocycles. The van der Waals surface area contributed by atoms with Crippen LogP contribution < -0.4 is 9.47 Å². The topological polar surface area (TPSA) is 87.9 Å². The predicted molar refractivity (Wildman–Crippen MR) is 167 cm³/mol. The Morgan fingerprint density at radius 2 is 1.75 bits per heavy atom. The van der Waals surface area contributed by atoms with Gasteiger partial charge in [-0.05, 0) is 46.9 Å². The van der Waals surface area contributed by atoms with E-state index in [1.54, 1.807) is 26.4 Å². The fourth-order valence-electron chi connectivity index (χ4n) is 5.29. The number of aromatic nitrogens is 3. The number of ether oxygens (including phenoxy) is 4. The van der Waals surface area contributed by atoms with Gasteiger partial charge in [0.15, 0.2) is 0 Å². The molecule has 5 aromatic rings. The van der Waals surface area contributed by atoms with E-state index in [1.807, 2.05) is 53.1 Å². The molecule has 0 fully saturated rings. The van der Waals surface area contributed by atoms with Crippen molar-refractivity contribution in [3.8, 4) is 22.9 Å². The van der Waals surface area contributed by atoms with E-state index in [0.29, 0.717) is 54.8 Å². The minimum atomic E-state index is -0.351. The Balaban J connectivity index is 1.35. The van der Waals surface area contributed by atoms with Crippen molar-refractivity contribution in [2.75, 3.05) is 27.6 Å². The highest BCUT2D eigenvalue weighted by Crippen LogP contribution is 2.31. The molecular formula is C35H38FN3O5. The number of rotatable bonds is 14. The molecule has 0 atom stereocenters. The van der Waals surface area contributed by atoms with Crippen LogP contribution in [-0.2, 0) is 35.7 Å². The molecule has 0 saturated heterocycles. The second-order valence-electron chi connectivity index (χ2n) is 10.8. The number of benzene rings is 3. The van der Waals surface area contributed by atoms with Crippen molar-refractivity contribution < 1.29 is 28.4 Å². The Kier molecular flexibility index (Phi) is 10.2. The standard InChI is InChI=1S/C35H38FN3O5/c1-23(2)28-8-5-7-27(35(28)42-4)21-44-34-10-6-9-30(38-34)26-13-12-25(29(36)18-26)19-33-37-31-14-11-24(20-43-22-40)17-32(31)39(33)15-16-41-3/h5-14,17-18,23,40H,15-16,19-22H2,1-4H3. The molecule has 0 radical (unpaired) electrons. The third-order valence-corrected chi connectivity index (χ3v) is 7.52. The van der Waals surface area contributed by atoms with Gasteiger partial charge >= 0.3 is 0 Å². The SMILES string of the molecule is COCCn1c(Cc2ccc(-c3cccc(OCc4cccc(C(C)C)c4OC)n3)cc2F)nc2ccc(COCO)cc21. The van der Waals surface area contributed by atoms with E-state index in [0.717, 1.165) is 39.3 Å². The van der Waals surface area contributed by atoms with Crippen molar-refractivity contribution in [3.63, 3.8) is 0 Å². The smallest absolute Gasteiger partial charge is 0.214 e. The van der Waals surface area contributed by atoms with Crippen LogP contribution in [0.25, 0.3) is 22.3 Å². The number of aliphatic hydroxyl groups is 1. The van der Waals surface area contributed by atoms with Crippen LogP contribution in [0.15, 0.2) is 72.8 Å². The predicted octanol–water partition coefficient (Wildman–Crippen LogP) is 6.65. The molecule has 8 nitrogen and oxygen atoms in total. The molecule has 0 aliphatic heterocycles. The van der Waals surface area contributed by atoms with E-state index in [9.17, 15) is 0 Å². The van der Waals surface area contributed by atoms with Crippen molar-refractivity contribution >= 4 is 11.0 Å². The number of pyridine rings is 1.